The molecule has 0 radical (unpaired) electrons. The topological polar surface area (TPSA) is 66.5 Å². The van der Waals surface area contributed by atoms with E-state index in [-0.39, 0.29) is 18.0 Å². The lowest BCUT2D eigenvalue weighted by Gasteiger charge is -2.22. The molecule has 0 spiro atoms. The number of carbonyl (C=O) groups is 1. The Balaban J connectivity index is 1.89. The van der Waals surface area contributed by atoms with Crippen molar-refractivity contribution in [3.63, 3.8) is 0 Å². The Kier molecular flexibility index (Phi) is 7.38. The second kappa shape index (κ2) is 9.83. The maximum atomic E-state index is 13.3. The number of nitrogens with one attached hydrogen (secondary N) is 1. The summed E-state index contributed by atoms with van der Waals surface area (Å²) < 4.78 is 27.8. The number of aryl methyl sites for hydroxylation is 1. The molecule has 0 fully saturated rings. The van der Waals surface area contributed by atoms with Crippen LogP contribution in [0.1, 0.15) is 16.7 Å². The van der Waals surface area contributed by atoms with Crippen LogP contribution in [0.3, 0.4) is 0 Å². The molecule has 3 aromatic carbocycles. The number of halogens is 2. The van der Waals surface area contributed by atoms with Gasteiger partial charge in [-0.05, 0) is 61.4 Å². The summed E-state index contributed by atoms with van der Waals surface area (Å²) >= 11 is 12.0. The highest BCUT2D eigenvalue weighted by molar-refractivity contribution is 7.89. The fourth-order valence-electron chi connectivity index (χ4n) is 2.97. The molecule has 5 nitrogen and oxygen atoms in total. The monoisotopic (exact) mass is 476 g/mol. The van der Waals surface area contributed by atoms with Gasteiger partial charge in [0.25, 0.3) is 0 Å². The third-order valence-corrected chi connectivity index (χ3v) is 7.26. The number of sulfonamides is 1. The van der Waals surface area contributed by atoms with Crippen molar-refractivity contribution >= 4 is 44.8 Å². The number of anilines is 1. The van der Waals surface area contributed by atoms with Gasteiger partial charge in [0.15, 0.2) is 0 Å². The summed E-state index contributed by atoms with van der Waals surface area (Å²) in [6.45, 7) is 3.43. The molecule has 162 valence electrons. The van der Waals surface area contributed by atoms with Gasteiger partial charge >= 0.3 is 0 Å². The molecular weight excluding hydrogens is 455 g/mol. The molecule has 0 heterocycles. The zero-order chi connectivity index (χ0) is 22.6. The van der Waals surface area contributed by atoms with Crippen LogP contribution in [-0.2, 0) is 21.4 Å². The number of hydrogen-bond acceptors (Lipinski definition) is 3. The molecule has 1 N–H and O–H groups in total. The average molecular weight is 477 g/mol. The zero-order valence-electron chi connectivity index (χ0n) is 17.1. The molecule has 0 aliphatic carbocycles. The second-order valence-electron chi connectivity index (χ2n) is 7.17. The molecule has 31 heavy (non-hydrogen) atoms. The summed E-state index contributed by atoms with van der Waals surface area (Å²) in [7, 11) is -3.94. The van der Waals surface area contributed by atoms with Crippen molar-refractivity contribution in [2.45, 2.75) is 25.3 Å². The van der Waals surface area contributed by atoms with E-state index in [2.05, 4.69) is 5.32 Å². The summed E-state index contributed by atoms with van der Waals surface area (Å²) in [6.07, 6.45) is 0. The normalized spacial score (nSPS) is 11.5. The number of carbonyl (C=O) groups excluding carboxylic acids is 1. The third-order valence-electron chi connectivity index (χ3n) is 4.79. The molecule has 0 aliphatic rings. The number of amides is 1. The van der Waals surface area contributed by atoms with Gasteiger partial charge in [-0.2, -0.15) is 4.31 Å². The molecule has 0 atom stereocenters. The van der Waals surface area contributed by atoms with E-state index >= 15 is 0 Å². The molecule has 0 unspecified atom stereocenters. The maximum Gasteiger partial charge on any atom is 0.243 e. The van der Waals surface area contributed by atoms with E-state index < -0.39 is 15.9 Å². The number of rotatable bonds is 7. The molecule has 0 bridgehead atoms. The fraction of sp³-hybridized carbons (Fsp3) is 0.174. The van der Waals surface area contributed by atoms with Crippen molar-refractivity contribution in [3.05, 3.63) is 93.5 Å². The number of benzene rings is 3. The predicted molar refractivity (Wildman–Crippen MR) is 125 cm³/mol. The van der Waals surface area contributed by atoms with E-state index in [9.17, 15) is 13.2 Å². The minimum Gasteiger partial charge on any atom is -0.325 e. The number of hydrogen-bond donors (Lipinski definition) is 1. The summed E-state index contributed by atoms with van der Waals surface area (Å²) in [4.78, 5) is 12.8. The fourth-order valence-corrected chi connectivity index (χ4v) is 4.66. The molecule has 3 aromatic rings. The Morgan fingerprint density at radius 3 is 2.23 bits per heavy atom. The SMILES string of the molecule is Cc1ccc(CN(CC(=O)Nc2cccc(Cl)c2C)S(=O)(=O)c2ccc(Cl)cc2)cc1. The van der Waals surface area contributed by atoms with Crippen LogP contribution in [0, 0.1) is 13.8 Å². The minimum absolute atomic E-state index is 0.0488. The van der Waals surface area contributed by atoms with Crippen molar-refractivity contribution < 1.29 is 13.2 Å². The van der Waals surface area contributed by atoms with Crippen molar-refractivity contribution in [2.75, 3.05) is 11.9 Å². The molecular formula is C23H22Cl2N2O3S. The van der Waals surface area contributed by atoms with E-state index in [4.69, 9.17) is 23.2 Å². The smallest absolute Gasteiger partial charge is 0.243 e. The summed E-state index contributed by atoms with van der Waals surface area (Å²) in [5.41, 5.74) is 3.08. The molecule has 0 aromatic heterocycles. The van der Waals surface area contributed by atoms with Gasteiger partial charge in [0.05, 0.1) is 11.4 Å². The van der Waals surface area contributed by atoms with E-state index in [0.29, 0.717) is 21.3 Å². The van der Waals surface area contributed by atoms with Crippen molar-refractivity contribution in [1.82, 2.24) is 4.31 Å². The molecule has 0 saturated heterocycles. The Labute approximate surface area is 192 Å². The minimum atomic E-state index is -3.94. The van der Waals surface area contributed by atoms with Gasteiger partial charge in [0.1, 0.15) is 0 Å². The maximum absolute atomic E-state index is 13.3. The highest BCUT2D eigenvalue weighted by atomic mass is 35.5. The quantitative estimate of drug-likeness (QED) is 0.493. The standard InChI is InChI=1S/C23H22Cl2N2O3S/c1-16-6-8-18(9-7-16)14-27(31(29,30)20-12-10-19(24)11-13-20)15-23(28)26-22-5-3-4-21(25)17(22)2/h3-13H,14-15H2,1-2H3,(H,26,28). The largest absolute Gasteiger partial charge is 0.325 e. The Morgan fingerprint density at radius 1 is 0.935 bits per heavy atom. The molecule has 0 aliphatic heterocycles. The van der Waals surface area contributed by atoms with Crippen molar-refractivity contribution in [1.29, 1.82) is 0 Å². The van der Waals surface area contributed by atoms with Gasteiger partial charge in [-0.25, -0.2) is 8.42 Å². The Morgan fingerprint density at radius 2 is 1.58 bits per heavy atom. The van der Waals surface area contributed by atoms with Gasteiger partial charge in [0, 0.05) is 22.3 Å². The van der Waals surface area contributed by atoms with Crippen LogP contribution in [0.4, 0.5) is 5.69 Å². The van der Waals surface area contributed by atoms with E-state index in [1.165, 1.54) is 24.3 Å². The molecule has 0 saturated carbocycles. The average Bonchev–Trinajstić information content (AvgIpc) is 2.73. The van der Waals surface area contributed by atoms with Crippen LogP contribution in [0.25, 0.3) is 0 Å². The van der Waals surface area contributed by atoms with Crippen molar-refractivity contribution in [3.8, 4) is 0 Å². The van der Waals surface area contributed by atoms with Gasteiger partial charge < -0.3 is 5.32 Å². The number of nitrogens with zero attached hydrogens (tertiary/aromatic N) is 1. The predicted octanol–water partition coefficient (Wildman–Crippen LogP) is 5.44. The Bertz CT molecular complexity index is 1180. The van der Waals surface area contributed by atoms with Crippen LogP contribution in [0.5, 0.6) is 0 Å². The van der Waals surface area contributed by atoms with Gasteiger partial charge in [-0.1, -0.05) is 59.1 Å². The van der Waals surface area contributed by atoms with Crippen LogP contribution < -0.4 is 5.32 Å². The first-order valence-corrected chi connectivity index (χ1v) is 11.7. The lowest BCUT2D eigenvalue weighted by atomic mass is 10.1. The molecule has 1 amide bonds. The van der Waals surface area contributed by atoms with Crippen molar-refractivity contribution in [2.24, 2.45) is 0 Å². The summed E-state index contributed by atoms with van der Waals surface area (Å²) in [6, 6.07) is 18.5. The van der Waals surface area contributed by atoms with Crippen LogP contribution >= 0.6 is 23.2 Å². The van der Waals surface area contributed by atoms with Crippen LogP contribution in [0.2, 0.25) is 10.0 Å². The first-order chi connectivity index (χ1) is 14.7. The van der Waals surface area contributed by atoms with Crippen LogP contribution in [0.15, 0.2) is 71.6 Å². The first-order valence-electron chi connectivity index (χ1n) is 9.53. The highest BCUT2D eigenvalue weighted by Gasteiger charge is 2.27. The van der Waals surface area contributed by atoms with E-state index in [1.54, 1.807) is 25.1 Å². The van der Waals surface area contributed by atoms with Crippen LogP contribution in [-0.4, -0.2) is 25.2 Å². The summed E-state index contributed by atoms with van der Waals surface area (Å²) in [5.74, 6) is -0.463. The Hall–Kier alpha value is -2.38. The lowest BCUT2D eigenvalue weighted by molar-refractivity contribution is -0.116. The van der Waals surface area contributed by atoms with Gasteiger partial charge in [0.2, 0.25) is 15.9 Å². The second-order valence-corrected chi connectivity index (χ2v) is 9.95. The van der Waals surface area contributed by atoms with Gasteiger partial charge in [-0.15, -0.1) is 0 Å². The zero-order valence-corrected chi connectivity index (χ0v) is 19.4. The van der Waals surface area contributed by atoms with Gasteiger partial charge in [-0.3, -0.25) is 4.79 Å². The lowest BCUT2D eigenvalue weighted by Crippen LogP contribution is -2.37. The third kappa shape index (κ3) is 5.86. The van der Waals surface area contributed by atoms with E-state index in [0.717, 1.165) is 15.4 Å². The first kappa shape index (κ1) is 23.3. The van der Waals surface area contributed by atoms with E-state index in [1.807, 2.05) is 31.2 Å². The molecule has 8 heteroatoms. The molecule has 3 rings (SSSR count). The summed E-state index contributed by atoms with van der Waals surface area (Å²) in [5, 5.41) is 3.70. The highest BCUT2D eigenvalue weighted by Crippen LogP contribution is 2.24.